The molecule has 184 valence electrons. The predicted molar refractivity (Wildman–Crippen MR) is 115 cm³/mol. The number of nitrogens with one attached hydrogen (secondary N) is 1. The Balaban J connectivity index is 1.40. The first-order chi connectivity index (χ1) is 16.9. The van der Waals surface area contributed by atoms with E-state index in [2.05, 4.69) is 5.32 Å². The lowest BCUT2D eigenvalue weighted by molar-refractivity contribution is -0.472. The summed E-state index contributed by atoms with van der Waals surface area (Å²) in [5.41, 5.74) is -0.596. The average molecular weight is 487 g/mol. The molecule has 3 saturated heterocycles. The monoisotopic (exact) mass is 487 g/mol. The maximum absolute atomic E-state index is 13.1. The minimum Gasteiger partial charge on any atom is -0.376 e. The second kappa shape index (κ2) is 9.28. The summed E-state index contributed by atoms with van der Waals surface area (Å²) in [6.45, 7) is -0.702. The number of carbonyl (C=O) groups excluding carboxylic acids is 1. The number of amides is 1. The van der Waals surface area contributed by atoms with Crippen LogP contribution in [-0.2, 0) is 30.3 Å². The van der Waals surface area contributed by atoms with Crippen molar-refractivity contribution in [3.05, 3.63) is 79.9 Å². The molecule has 6 rings (SSSR count). The Morgan fingerprint density at radius 3 is 2.31 bits per heavy atom. The summed E-state index contributed by atoms with van der Waals surface area (Å²) in [7, 11) is 1.48. The van der Waals surface area contributed by atoms with E-state index in [1.165, 1.54) is 7.11 Å². The van der Waals surface area contributed by atoms with Crippen molar-refractivity contribution in [2.75, 3.05) is 7.11 Å². The van der Waals surface area contributed by atoms with E-state index in [-0.39, 0.29) is 12.2 Å². The molecule has 2 aromatic carbocycles. The fourth-order valence-electron chi connectivity index (χ4n) is 4.71. The Hall–Kier alpha value is -3.49. The van der Waals surface area contributed by atoms with Crippen molar-refractivity contribution >= 4 is 17.3 Å². The number of non-ortho nitro benzene ring substituents is 1. The molecule has 0 aromatic heterocycles. The van der Waals surface area contributed by atoms with Crippen molar-refractivity contribution in [1.29, 1.82) is 0 Å². The summed E-state index contributed by atoms with van der Waals surface area (Å²) in [4.78, 5) is 34.0. The minimum atomic E-state index is -0.958. The van der Waals surface area contributed by atoms with Gasteiger partial charge >= 0.3 is 0 Å². The number of nitrogens with zero attached hydrogens (tertiary/aromatic N) is 2. The fraction of sp³-hybridized carbons (Fsp3) is 0.409. The molecule has 0 radical (unpaired) electrons. The molecule has 1 amide bonds. The van der Waals surface area contributed by atoms with Gasteiger partial charge in [-0.25, -0.2) is 0 Å². The highest BCUT2D eigenvalue weighted by atomic mass is 16.9. The first-order valence-electron chi connectivity index (χ1n) is 10.8. The van der Waals surface area contributed by atoms with Gasteiger partial charge in [0.1, 0.15) is 36.1 Å². The summed E-state index contributed by atoms with van der Waals surface area (Å²) >= 11 is 0. The molecule has 13 nitrogen and oxygen atoms in total. The summed E-state index contributed by atoms with van der Waals surface area (Å²) < 4.78 is 29.1. The van der Waals surface area contributed by atoms with Gasteiger partial charge in [-0.3, -0.25) is 25.0 Å². The second-order valence-electron chi connectivity index (χ2n) is 8.27. The largest absolute Gasteiger partial charge is 0.376 e. The van der Waals surface area contributed by atoms with Crippen LogP contribution in [0.2, 0.25) is 0 Å². The standard InChI is InChI=1S/C22H21N3O10/c1-31-18-16-15(23-21(26)13-8-7-12(24(27)28)9-14(13)25(29)30)17-19(20(18)35-22(33-16)34-17)32-10-11-5-3-2-4-6-11/h2-9,15-20,22H,10H2,1H3,(H,23,26)/t15-,16-,17+,18+,19-,20-,22?/m1/s1. The molecule has 2 aromatic rings. The van der Waals surface area contributed by atoms with E-state index in [0.717, 1.165) is 23.8 Å². The summed E-state index contributed by atoms with van der Waals surface area (Å²) in [6.07, 6.45) is -3.11. The Morgan fingerprint density at radius 2 is 1.66 bits per heavy atom. The van der Waals surface area contributed by atoms with Crippen LogP contribution >= 0.6 is 0 Å². The highest BCUT2D eigenvalue weighted by molar-refractivity contribution is 5.98. The van der Waals surface area contributed by atoms with Crippen LogP contribution in [0.25, 0.3) is 0 Å². The molecule has 4 aliphatic rings. The molecule has 1 N–H and O–H groups in total. The van der Waals surface area contributed by atoms with E-state index in [9.17, 15) is 25.0 Å². The quantitative estimate of drug-likeness (QED) is 0.428. The van der Waals surface area contributed by atoms with Gasteiger partial charge in [0.05, 0.1) is 28.6 Å². The summed E-state index contributed by atoms with van der Waals surface area (Å²) in [5.74, 6) is -0.811. The molecule has 1 unspecified atom stereocenters. The molecule has 7 atom stereocenters. The normalized spacial score (nSPS) is 30.7. The van der Waals surface area contributed by atoms with E-state index in [1.54, 1.807) is 0 Å². The Morgan fingerprint density at radius 1 is 0.971 bits per heavy atom. The van der Waals surface area contributed by atoms with Crippen LogP contribution in [0.3, 0.4) is 0 Å². The molecule has 1 saturated carbocycles. The maximum Gasteiger partial charge on any atom is 0.289 e. The SMILES string of the molecule is CO[C@@H]1[C@H]2OC3O[C@@H]1[C@@H](NC(=O)c1ccc([N+](=O)[O-])cc1[N+](=O)[O-])[C@H](O3)[C@H]2OCc1ccccc1. The third-order valence-electron chi connectivity index (χ3n) is 6.30. The fourth-order valence-corrected chi connectivity index (χ4v) is 4.71. The van der Waals surface area contributed by atoms with Gasteiger partial charge in [-0.2, -0.15) is 0 Å². The number of nitro benzene ring substituents is 2. The van der Waals surface area contributed by atoms with Gasteiger partial charge in [-0.05, 0) is 11.6 Å². The third-order valence-corrected chi connectivity index (χ3v) is 6.30. The van der Waals surface area contributed by atoms with Crippen LogP contribution in [-0.4, -0.2) is 65.9 Å². The Labute approximate surface area is 198 Å². The van der Waals surface area contributed by atoms with Gasteiger partial charge in [0.2, 0.25) is 0 Å². The van der Waals surface area contributed by atoms with E-state index in [0.29, 0.717) is 0 Å². The zero-order chi connectivity index (χ0) is 24.7. The topological polar surface area (TPSA) is 162 Å². The lowest BCUT2D eigenvalue weighted by atomic mass is 9.80. The van der Waals surface area contributed by atoms with E-state index < -0.39 is 70.2 Å². The molecule has 35 heavy (non-hydrogen) atoms. The molecule has 3 aliphatic heterocycles. The van der Waals surface area contributed by atoms with E-state index >= 15 is 0 Å². The molecular weight excluding hydrogens is 466 g/mol. The number of rotatable bonds is 8. The van der Waals surface area contributed by atoms with Crippen LogP contribution < -0.4 is 5.32 Å². The minimum absolute atomic E-state index is 0.256. The van der Waals surface area contributed by atoms with Gasteiger partial charge in [-0.15, -0.1) is 0 Å². The predicted octanol–water partition coefficient (Wildman–Crippen LogP) is 1.68. The number of methoxy groups -OCH3 is 1. The van der Waals surface area contributed by atoms with Crippen LogP contribution in [0, 0.1) is 20.2 Å². The van der Waals surface area contributed by atoms with E-state index in [4.69, 9.17) is 23.7 Å². The Bertz CT molecular complexity index is 1150. The van der Waals surface area contributed by atoms with Crippen molar-refractivity contribution in [3.8, 4) is 0 Å². The van der Waals surface area contributed by atoms with Crippen LogP contribution in [0.15, 0.2) is 48.5 Å². The van der Waals surface area contributed by atoms with Crippen molar-refractivity contribution in [3.63, 3.8) is 0 Å². The van der Waals surface area contributed by atoms with Crippen LogP contribution in [0.4, 0.5) is 11.4 Å². The van der Waals surface area contributed by atoms with Crippen molar-refractivity contribution < 1.29 is 38.3 Å². The first kappa shape index (κ1) is 23.3. The zero-order valence-electron chi connectivity index (χ0n) is 18.3. The lowest BCUT2D eigenvalue weighted by Crippen LogP contribution is -2.78. The van der Waals surface area contributed by atoms with Crippen molar-refractivity contribution in [2.24, 2.45) is 0 Å². The Kier molecular flexibility index (Phi) is 6.17. The first-order valence-corrected chi connectivity index (χ1v) is 10.8. The van der Waals surface area contributed by atoms with Crippen LogP contribution in [0.1, 0.15) is 15.9 Å². The van der Waals surface area contributed by atoms with E-state index in [1.807, 2.05) is 30.3 Å². The molecule has 3 heterocycles. The van der Waals surface area contributed by atoms with Gasteiger partial charge in [-0.1, -0.05) is 30.3 Å². The summed E-state index contributed by atoms with van der Waals surface area (Å²) in [6, 6.07) is 11.5. The number of carbonyl (C=O) groups is 1. The highest BCUT2D eigenvalue weighted by Crippen LogP contribution is 2.42. The lowest BCUT2D eigenvalue weighted by Gasteiger charge is -2.58. The molecule has 4 bridgehead atoms. The van der Waals surface area contributed by atoms with Gasteiger partial charge in [0.25, 0.3) is 23.8 Å². The molecule has 13 heteroatoms. The number of hydrogen-bond donors (Lipinski definition) is 1. The molecular formula is C22H21N3O10. The highest BCUT2D eigenvalue weighted by Gasteiger charge is 2.63. The van der Waals surface area contributed by atoms with Gasteiger partial charge in [0, 0.05) is 13.2 Å². The van der Waals surface area contributed by atoms with Crippen molar-refractivity contribution in [1.82, 2.24) is 5.32 Å². The van der Waals surface area contributed by atoms with Gasteiger partial charge < -0.3 is 29.0 Å². The summed E-state index contributed by atoms with van der Waals surface area (Å²) in [5, 5.41) is 25.3. The molecule has 1 aliphatic carbocycles. The smallest absolute Gasteiger partial charge is 0.289 e. The number of hydrogen-bond acceptors (Lipinski definition) is 10. The van der Waals surface area contributed by atoms with Crippen LogP contribution in [0.5, 0.6) is 0 Å². The second-order valence-corrected chi connectivity index (χ2v) is 8.27. The average Bonchev–Trinajstić information content (AvgIpc) is 2.85. The maximum atomic E-state index is 13.1. The number of ether oxygens (including phenoxy) is 5. The molecule has 0 spiro atoms. The molecule has 4 fully saturated rings. The van der Waals surface area contributed by atoms with Gasteiger partial charge in [0.15, 0.2) is 0 Å². The van der Waals surface area contributed by atoms with Crippen molar-refractivity contribution in [2.45, 2.75) is 49.6 Å². The third kappa shape index (κ3) is 4.24. The zero-order valence-corrected chi connectivity index (χ0v) is 18.3. The number of benzene rings is 2. The number of nitro groups is 2.